The van der Waals surface area contributed by atoms with Crippen LogP contribution < -0.4 is 4.90 Å². The van der Waals surface area contributed by atoms with E-state index in [2.05, 4.69) is 48.9 Å². The molecule has 20 heavy (non-hydrogen) atoms. The molecule has 3 nitrogen and oxygen atoms in total. The first-order valence-electron chi connectivity index (χ1n) is 7.73. The van der Waals surface area contributed by atoms with Crippen molar-refractivity contribution in [2.24, 2.45) is 0 Å². The van der Waals surface area contributed by atoms with Crippen LogP contribution in [0.15, 0.2) is 18.2 Å². The second kappa shape index (κ2) is 5.21. The molecule has 0 bridgehead atoms. The lowest BCUT2D eigenvalue weighted by atomic mass is 9.89. The Labute approximate surface area is 121 Å². The number of likely N-dealkylation sites (N-methyl/N-ethyl adjacent to an activating group) is 1. The number of aryl methyl sites for hydroxylation is 1. The summed E-state index contributed by atoms with van der Waals surface area (Å²) in [6.45, 7) is 6.37. The molecular weight excluding hydrogens is 248 g/mol. The highest BCUT2D eigenvalue weighted by molar-refractivity contribution is 5.96. The number of benzene rings is 1. The topological polar surface area (TPSA) is 23.6 Å². The van der Waals surface area contributed by atoms with Gasteiger partial charge in [0, 0.05) is 30.6 Å². The van der Waals surface area contributed by atoms with Crippen molar-refractivity contribution in [3.05, 3.63) is 29.3 Å². The quantitative estimate of drug-likeness (QED) is 0.826. The minimum atomic E-state index is 0.301. The molecule has 3 rings (SSSR count). The van der Waals surface area contributed by atoms with Gasteiger partial charge in [0.15, 0.2) is 0 Å². The molecule has 2 heterocycles. The molecule has 1 saturated heterocycles. The van der Waals surface area contributed by atoms with Gasteiger partial charge in [-0.2, -0.15) is 0 Å². The van der Waals surface area contributed by atoms with Crippen LogP contribution in [-0.2, 0) is 4.79 Å². The van der Waals surface area contributed by atoms with Gasteiger partial charge < -0.3 is 9.80 Å². The first-order chi connectivity index (χ1) is 9.61. The maximum atomic E-state index is 12.5. The molecule has 0 radical (unpaired) electrons. The Morgan fingerprint density at radius 1 is 1.40 bits per heavy atom. The van der Waals surface area contributed by atoms with E-state index in [4.69, 9.17) is 0 Å². The zero-order chi connectivity index (χ0) is 14.3. The van der Waals surface area contributed by atoms with Crippen LogP contribution in [0.25, 0.3) is 0 Å². The Morgan fingerprint density at radius 3 is 2.95 bits per heavy atom. The standard InChI is InChI=1S/C17H24N2O/c1-4-5-17(20)19-15-7-6-12(2)10-13(15)14-11-18(3)9-8-16(14)19/h6-7,10,14,16H,4-5,8-9,11H2,1-3H3. The molecule has 0 aromatic heterocycles. The average molecular weight is 272 g/mol. The van der Waals surface area contributed by atoms with E-state index in [0.29, 0.717) is 24.3 Å². The van der Waals surface area contributed by atoms with Crippen molar-refractivity contribution in [2.75, 3.05) is 25.0 Å². The SMILES string of the molecule is CCCC(=O)N1c2ccc(C)cc2C2CN(C)CCC21. The molecular formula is C17H24N2O. The molecule has 1 amide bonds. The number of carbonyl (C=O) groups excluding carboxylic acids is 1. The molecule has 1 aromatic carbocycles. The highest BCUT2D eigenvalue weighted by Gasteiger charge is 2.43. The third-order valence-corrected chi connectivity index (χ3v) is 4.69. The number of likely N-dealkylation sites (tertiary alicyclic amines) is 1. The van der Waals surface area contributed by atoms with Crippen molar-refractivity contribution in [1.82, 2.24) is 4.90 Å². The van der Waals surface area contributed by atoms with Gasteiger partial charge in [-0.15, -0.1) is 0 Å². The van der Waals surface area contributed by atoms with Crippen molar-refractivity contribution in [3.63, 3.8) is 0 Å². The van der Waals surface area contributed by atoms with Crippen LogP contribution in [0.5, 0.6) is 0 Å². The second-order valence-corrected chi connectivity index (χ2v) is 6.30. The Morgan fingerprint density at radius 2 is 2.20 bits per heavy atom. The zero-order valence-corrected chi connectivity index (χ0v) is 12.7. The summed E-state index contributed by atoms with van der Waals surface area (Å²) < 4.78 is 0. The largest absolute Gasteiger partial charge is 0.308 e. The van der Waals surface area contributed by atoms with Gasteiger partial charge in [-0.05, 0) is 45.0 Å². The number of rotatable bonds is 2. The van der Waals surface area contributed by atoms with Crippen LogP contribution in [0.2, 0.25) is 0 Å². The lowest BCUT2D eigenvalue weighted by Gasteiger charge is -2.36. The monoisotopic (exact) mass is 272 g/mol. The highest BCUT2D eigenvalue weighted by atomic mass is 16.2. The predicted molar refractivity (Wildman–Crippen MR) is 82.2 cm³/mol. The fraction of sp³-hybridized carbons (Fsp3) is 0.588. The van der Waals surface area contributed by atoms with Crippen LogP contribution in [0.1, 0.15) is 43.2 Å². The van der Waals surface area contributed by atoms with Crippen LogP contribution in [0.3, 0.4) is 0 Å². The summed E-state index contributed by atoms with van der Waals surface area (Å²) >= 11 is 0. The smallest absolute Gasteiger partial charge is 0.227 e. The Hall–Kier alpha value is -1.35. The van der Waals surface area contributed by atoms with Gasteiger partial charge in [0.2, 0.25) is 5.91 Å². The molecule has 108 valence electrons. The van der Waals surface area contributed by atoms with Crippen molar-refractivity contribution < 1.29 is 4.79 Å². The molecule has 1 aromatic rings. The molecule has 2 atom stereocenters. The lowest BCUT2D eigenvalue weighted by Crippen LogP contribution is -2.47. The first kappa shape index (κ1) is 13.6. The summed E-state index contributed by atoms with van der Waals surface area (Å²) in [6.07, 6.45) is 2.67. The Bertz CT molecular complexity index is 526. The van der Waals surface area contributed by atoms with E-state index < -0.39 is 0 Å². The predicted octanol–water partition coefficient (Wildman–Crippen LogP) is 2.93. The summed E-state index contributed by atoms with van der Waals surface area (Å²) in [5, 5.41) is 0. The number of hydrogen-bond acceptors (Lipinski definition) is 2. The average Bonchev–Trinajstić information content (AvgIpc) is 2.72. The highest BCUT2D eigenvalue weighted by Crippen LogP contribution is 2.45. The summed E-state index contributed by atoms with van der Waals surface area (Å²) in [4.78, 5) is 17.0. The number of nitrogens with zero attached hydrogens (tertiary/aromatic N) is 2. The summed E-state index contributed by atoms with van der Waals surface area (Å²) in [6, 6.07) is 6.94. The van der Waals surface area contributed by atoms with Gasteiger partial charge in [-0.1, -0.05) is 24.6 Å². The number of anilines is 1. The summed E-state index contributed by atoms with van der Waals surface area (Å²) in [5.41, 5.74) is 3.84. The summed E-state index contributed by atoms with van der Waals surface area (Å²) in [5.74, 6) is 0.791. The van der Waals surface area contributed by atoms with E-state index in [9.17, 15) is 4.79 Å². The second-order valence-electron chi connectivity index (χ2n) is 6.30. The normalized spacial score (nSPS) is 25.4. The third-order valence-electron chi connectivity index (χ3n) is 4.69. The maximum absolute atomic E-state index is 12.5. The van der Waals surface area contributed by atoms with Gasteiger partial charge >= 0.3 is 0 Å². The van der Waals surface area contributed by atoms with E-state index in [-0.39, 0.29) is 0 Å². The number of amides is 1. The first-order valence-corrected chi connectivity index (χ1v) is 7.73. The number of hydrogen-bond donors (Lipinski definition) is 0. The lowest BCUT2D eigenvalue weighted by molar-refractivity contribution is -0.119. The molecule has 2 aliphatic rings. The zero-order valence-electron chi connectivity index (χ0n) is 12.7. The van der Waals surface area contributed by atoms with E-state index in [1.807, 2.05) is 0 Å². The van der Waals surface area contributed by atoms with Crippen molar-refractivity contribution in [3.8, 4) is 0 Å². The molecule has 0 saturated carbocycles. The fourth-order valence-electron chi connectivity index (χ4n) is 3.74. The van der Waals surface area contributed by atoms with Crippen LogP contribution in [-0.4, -0.2) is 37.0 Å². The van der Waals surface area contributed by atoms with Crippen LogP contribution in [0.4, 0.5) is 5.69 Å². The summed E-state index contributed by atoms with van der Waals surface area (Å²) in [7, 11) is 2.18. The number of carbonyl (C=O) groups is 1. The minimum absolute atomic E-state index is 0.301. The molecule has 0 N–H and O–H groups in total. The van der Waals surface area contributed by atoms with E-state index in [1.165, 1.54) is 16.8 Å². The van der Waals surface area contributed by atoms with E-state index >= 15 is 0 Å². The fourth-order valence-corrected chi connectivity index (χ4v) is 3.74. The molecule has 3 heteroatoms. The molecule has 2 aliphatic heterocycles. The van der Waals surface area contributed by atoms with Gasteiger partial charge in [-0.25, -0.2) is 0 Å². The molecule has 0 aliphatic carbocycles. The third kappa shape index (κ3) is 2.14. The molecule has 0 spiro atoms. The van der Waals surface area contributed by atoms with Crippen molar-refractivity contribution in [2.45, 2.75) is 45.1 Å². The number of fused-ring (bicyclic) bond motifs is 3. The van der Waals surface area contributed by atoms with Crippen LogP contribution in [0, 0.1) is 6.92 Å². The number of piperidine rings is 1. The van der Waals surface area contributed by atoms with Gasteiger partial charge in [-0.3, -0.25) is 4.79 Å². The van der Waals surface area contributed by atoms with E-state index in [0.717, 1.165) is 25.9 Å². The van der Waals surface area contributed by atoms with Gasteiger partial charge in [0.25, 0.3) is 0 Å². The van der Waals surface area contributed by atoms with Crippen molar-refractivity contribution in [1.29, 1.82) is 0 Å². The Kier molecular flexibility index (Phi) is 3.55. The van der Waals surface area contributed by atoms with Gasteiger partial charge in [0.1, 0.15) is 0 Å². The Balaban J connectivity index is 2.01. The molecule has 1 fully saturated rings. The van der Waals surface area contributed by atoms with Gasteiger partial charge in [0.05, 0.1) is 0 Å². The van der Waals surface area contributed by atoms with Crippen molar-refractivity contribution >= 4 is 11.6 Å². The van der Waals surface area contributed by atoms with E-state index in [1.54, 1.807) is 0 Å². The molecule has 2 unspecified atom stereocenters. The maximum Gasteiger partial charge on any atom is 0.227 e. The van der Waals surface area contributed by atoms with Crippen LogP contribution >= 0.6 is 0 Å². The minimum Gasteiger partial charge on any atom is -0.308 e.